The Morgan fingerprint density at radius 3 is 1.92 bits per heavy atom. The first kappa shape index (κ1) is 26.0. The van der Waals surface area contributed by atoms with Crippen LogP contribution in [0.15, 0.2) is 71.6 Å². The molecule has 0 atom stereocenters. The molecule has 0 saturated carbocycles. The van der Waals surface area contributed by atoms with Gasteiger partial charge in [0.1, 0.15) is 5.75 Å². The van der Waals surface area contributed by atoms with Gasteiger partial charge in [-0.05, 0) is 60.7 Å². The minimum Gasteiger partial charge on any atom is -0.497 e. The predicted molar refractivity (Wildman–Crippen MR) is 134 cm³/mol. The molecule has 3 aromatic carbocycles. The lowest BCUT2D eigenvalue weighted by Gasteiger charge is -2.11. The number of carbonyl (C=O) groups excluding carboxylic acids is 1. The summed E-state index contributed by atoms with van der Waals surface area (Å²) in [5, 5.41) is 26.7. The van der Waals surface area contributed by atoms with Crippen LogP contribution in [0.2, 0.25) is 0 Å². The lowest BCUT2D eigenvalue weighted by Crippen LogP contribution is -2.34. The van der Waals surface area contributed by atoms with Gasteiger partial charge in [-0.25, -0.2) is 8.42 Å². The Morgan fingerprint density at radius 2 is 1.42 bits per heavy atom. The summed E-state index contributed by atoms with van der Waals surface area (Å²) in [7, 11) is -2.39. The van der Waals surface area contributed by atoms with Crippen LogP contribution in [0.25, 0.3) is 0 Å². The Hall–Kier alpha value is -4.63. The number of methoxy groups -OCH3 is 1. The van der Waals surface area contributed by atoms with Gasteiger partial charge in [-0.1, -0.05) is 0 Å². The van der Waals surface area contributed by atoms with E-state index in [0.717, 1.165) is 18.2 Å². The Labute approximate surface area is 209 Å². The predicted octanol–water partition coefficient (Wildman–Crippen LogP) is 3.44. The molecule has 0 unspecified atom stereocenters. The lowest BCUT2D eigenvalue weighted by molar-refractivity contribution is -0.394. The fourth-order valence-corrected chi connectivity index (χ4v) is 4.13. The Bertz CT molecular complexity index is 1410. The summed E-state index contributed by atoms with van der Waals surface area (Å²) in [6, 6.07) is 14.2. The second-order valence-corrected chi connectivity index (χ2v) is 9.11. The van der Waals surface area contributed by atoms with Crippen LogP contribution in [0.1, 0.15) is 10.4 Å². The Morgan fingerprint density at radius 1 is 0.889 bits per heavy atom. The third-order valence-corrected chi connectivity index (χ3v) is 6.18. The molecule has 0 bridgehead atoms. The topological polar surface area (TPSA) is 183 Å². The molecule has 15 heteroatoms. The first-order valence-corrected chi connectivity index (χ1v) is 11.7. The molecule has 1 amide bonds. The summed E-state index contributed by atoms with van der Waals surface area (Å²) in [5.74, 6) is -0.345. The SMILES string of the molecule is COc1ccc(NS(=O)(=O)c2ccc(NC(=S)NC(=O)c3cc([N+](=O)[O-])cc([N+](=O)[O-])c3)cc2)cc1. The van der Waals surface area contributed by atoms with Gasteiger partial charge in [0.25, 0.3) is 27.3 Å². The zero-order valence-corrected chi connectivity index (χ0v) is 20.0. The van der Waals surface area contributed by atoms with E-state index in [-0.39, 0.29) is 15.6 Å². The number of amides is 1. The van der Waals surface area contributed by atoms with Gasteiger partial charge in [-0.15, -0.1) is 0 Å². The monoisotopic (exact) mass is 531 g/mol. The number of thiocarbonyl (C=S) groups is 1. The standard InChI is InChI=1S/C21H17N5O8S2/c1-34-18-6-2-15(3-7-18)24-36(32,33)19-8-4-14(5-9-19)22-21(35)23-20(27)13-10-16(25(28)29)12-17(11-13)26(30)31/h2-12,24H,1H3,(H2,22,23,27,35). The molecule has 3 N–H and O–H groups in total. The summed E-state index contributed by atoms with van der Waals surface area (Å²) in [5.41, 5.74) is -0.940. The quantitative estimate of drug-likeness (QED) is 0.221. The van der Waals surface area contributed by atoms with Crippen molar-refractivity contribution in [1.82, 2.24) is 5.32 Å². The first-order chi connectivity index (χ1) is 17.0. The summed E-state index contributed by atoms with van der Waals surface area (Å²) >= 11 is 5.04. The van der Waals surface area contributed by atoms with Gasteiger partial charge in [0.15, 0.2) is 5.11 Å². The van der Waals surface area contributed by atoms with E-state index < -0.39 is 37.2 Å². The van der Waals surface area contributed by atoms with Crippen molar-refractivity contribution in [1.29, 1.82) is 0 Å². The van der Waals surface area contributed by atoms with Crippen molar-refractivity contribution in [3.8, 4) is 5.75 Å². The summed E-state index contributed by atoms with van der Waals surface area (Å²) in [6.45, 7) is 0. The van der Waals surface area contributed by atoms with Gasteiger partial charge in [-0.2, -0.15) is 0 Å². The minimum absolute atomic E-state index is 0.0391. The number of benzene rings is 3. The molecule has 186 valence electrons. The highest BCUT2D eigenvalue weighted by atomic mass is 32.2. The van der Waals surface area contributed by atoms with E-state index in [1.807, 2.05) is 0 Å². The number of anilines is 2. The third-order valence-electron chi connectivity index (χ3n) is 4.58. The molecular formula is C21H17N5O8S2. The van der Waals surface area contributed by atoms with Crippen LogP contribution in [-0.4, -0.2) is 36.4 Å². The minimum atomic E-state index is -3.89. The van der Waals surface area contributed by atoms with E-state index in [4.69, 9.17) is 17.0 Å². The highest BCUT2D eigenvalue weighted by Gasteiger charge is 2.20. The molecular weight excluding hydrogens is 514 g/mol. The number of hydrogen-bond donors (Lipinski definition) is 3. The van der Waals surface area contributed by atoms with Crippen molar-refractivity contribution < 1.29 is 27.8 Å². The molecule has 0 aliphatic carbocycles. The average Bonchev–Trinajstić information content (AvgIpc) is 2.84. The Balaban J connectivity index is 1.67. The van der Waals surface area contributed by atoms with Gasteiger partial charge in [0.05, 0.1) is 33.5 Å². The summed E-state index contributed by atoms with van der Waals surface area (Å²) in [4.78, 5) is 32.7. The van der Waals surface area contributed by atoms with E-state index in [9.17, 15) is 33.4 Å². The Kier molecular flexibility index (Phi) is 7.76. The van der Waals surface area contributed by atoms with Crippen LogP contribution in [0, 0.1) is 20.2 Å². The molecule has 0 aliphatic heterocycles. The van der Waals surface area contributed by atoms with Crippen molar-refractivity contribution in [2.75, 3.05) is 17.1 Å². The summed E-state index contributed by atoms with van der Waals surface area (Å²) in [6.07, 6.45) is 0. The molecule has 0 aliphatic rings. The molecule has 13 nitrogen and oxygen atoms in total. The first-order valence-electron chi connectivity index (χ1n) is 9.81. The highest BCUT2D eigenvalue weighted by molar-refractivity contribution is 7.92. The molecule has 0 fully saturated rings. The van der Waals surface area contributed by atoms with E-state index in [2.05, 4.69) is 15.4 Å². The number of nitro groups is 2. The van der Waals surface area contributed by atoms with E-state index in [1.54, 1.807) is 24.3 Å². The number of carbonyl (C=O) groups is 1. The van der Waals surface area contributed by atoms with Gasteiger partial charge in [0.2, 0.25) is 0 Å². The lowest BCUT2D eigenvalue weighted by atomic mass is 10.1. The molecule has 3 aromatic rings. The number of hydrogen-bond acceptors (Lipinski definition) is 9. The maximum absolute atomic E-state index is 12.6. The molecule has 0 radical (unpaired) electrons. The highest BCUT2D eigenvalue weighted by Crippen LogP contribution is 2.23. The third kappa shape index (κ3) is 6.49. The molecule has 3 rings (SSSR count). The average molecular weight is 532 g/mol. The number of rotatable bonds is 8. The van der Waals surface area contributed by atoms with Crippen molar-refractivity contribution in [2.45, 2.75) is 4.90 Å². The number of nitrogens with one attached hydrogen (secondary N) is 3. The molecule has 0 heterocycles. The van der Waals surface area contributed by atoms with Crippen molar-refractivity contribution in [3.63, 3.8) is 0 Å². The largest absolute Gasteiger partial charge is 0.497 e. The molecule has 0 aromatic heterocycles. The van der Waals surface area contributed by atoms with E-state index in [1.165, 1.54) is 31.4 Å². The van der Waals surface area contributed by atoms with Crippen LogP contribution >= 0.6 is 12.2 Å². The second kappa shape index (κ2) is 10.7. The van der Waals surface area contributed by atoms with Crippen LogP contribution in [0.3, 0.4) is 0 Å². The van der Waals surface area contributed by atoms with Crippen molar-refractivity contribution >= 4 is 56.0 Å². The normalized spacial score (nSPS) is 10.7. The summed E-state index contributed by atoms with van der Waals surface area (Å²) < 4.78 is 32.7. The second-order valence-electron chi connectivity index (χ2n) is 7.02. The van der Waals surface area contributed by atoms with Crippen LogP contribution in [-0.2, 0) is 10.0 Å². The van der Waals surface area contributed by atoms with E-state index >= 15 is 0 Å². The van der Waals surface area contributed by atoms with Gasteiger partial charge in [-0.3, -0.25) is 35.1 Å². The fourth-order valence-electron chi connectivity index (χ4n) is 2.87. The number of sulfonamides is 1. The zero-order valence-electron chi connectivity index (χ0n) is 18.3. The van der Waals surface area contributed by atoms with Crippen molar-refractivity contribution in [3.05, 3.63) is 92.5 Å². The van der Waals surface area contributed by atoms with Crippen LogP contribution < -0.4 is 20.1 Å². The maximum atomic E-state index is 12.6. The number of ether oxygens (including phenoxy) is 1. The molecule has 36 heavy (non-hydrogen) atoms. The van der Waals surface area contributed by atoms with Crippen molar-refractivity contribution in [2.24, 2.45) is 0 Å². The molecule has 0 spiro atoms. The number of nitrogens with zero attached hydrogens (tertiary/aromatic N) is 2. The zero-order chi connectivity index (χ0) is 26.5. The van der Waals surface area contributed by atoms with Gasteiger partial charge < -0.3 is 10.1 Å². The smallest absolute Gasteiger partial charge is 0.277 e. The maximum Gasteiger partial charge on any atom is 0.277 e. The van der Waals surface area contributed by atoms with Crippen LogP contribution in [0.4, 0.5) is 22.7 Å². The number of non-ortho nitro benzene ring substituents is 2. The van der Waals surface area contributed by atoms with E-state index in [0.29, 0.717) is 17.1 Å². The van der Waals surface area contributed by atoms with Gasteiger partial charge >= 0.3 is 0 Å². The fraction of sp³-hybridized carbons (Fsp3) is 0.0476. The van der Waals surface area contributed by atoms with Crippen LogP contribution in [0.5, 0.6) is 5.75 Å². The van der Waals surface area contributed by atoms with Gasteiger partial charge in [0, 0.05) is 23.5 Å². The number of nitro benzene ring substituents is 2. The molecule has 0 saturated heterocycles.